The Morgan fingerprint density at radius 2 is 1.97 bits per heavy atom. The number of aromatic nitrogens is 1. The van der Waals surface area contributed by atoms with Crippen LogP contribution in [0.1, 0.15) is 52.1 Å². The number of piperidine rings is 1. The lowest BCUT2D eigenvalue weighted by Crippen LogP contribution is -2.39. The van der Waals surface area contributed by atoms with Gasteiger partial charge in [-0.15, -0.1) is 11.3 Å². The van der Waals surface area contributed by atoms with Gasteiger partial charge in [-0.1, -0.05) is 18.9 Å². The fraction of sp³-hybridized carbons (Fsp3) is 0.375. The molecule has 1 fully saturated rings. The summed E-state index contributed by atoms with van der Waals surface area (Å²) in [5.41, 5.74) is -0.200. The monoisotopic (exact) mass is 457 g/mol. The van der Waals surface area contributed by atoms with Gasteiger partial charge in [-0.05, 0) is 54.8 Å². The van der Waals surface area contributed by atoms with Crippen molar-refractivity contribution in [3.8, 4) is 0 Å². The normalized spacial score (nSPS) is 14.6. The Hall–Kier alpha value is -2.87. The smallest absolute Gasteiger partial charge is 0.261 e. The van der Waals surface area contributed by atoms with E-state index in [1.165, 1.54) is 23.5 Å². The van der Waals surface area contributed by atoms with Crippen LogP contribution in [0.3, 0.4) is 0 Å². The van der Waals surface area contributed by atoms with Gasteiger partial charge in [-0.2, -0.15) is 0 Å². The van der Waals surface area contributed by atoms with Crippen molar-refractivity contribution in [3.63, 3.8) is 0 Å². The van der Waals surface area contributed by atoms with Crippen molar-refractivity contribution >= 4 is 33.2 Å². The molecule has 4 rings (SSSR count). The molecule has 3 aromatic rings. The number of unbranched alkanes of at least 4 members (excludes halogenated alkanes) is 1. The number of carbonyl (C=O) groups is 2. The van der Waals surface area contributed by atoms with Crippen molar-refractivity contribution in [3.05, 3.63) is 64.8 Å². The molecule has 0 saturated carbocycles. The number of nitrogens with one attached hydrogen (secondary N) is 1. The second-order valence-electron chi connectivity index (χ2n) is 8.11. The molecule has 32 heavy (non-hydrogen) atoms. The van der Waals surface area contributed by atoms with Crippen LogP contribution in [0.15, 0.2) is 42.7 Å². The van der Waals surface area contributed by atoms with Crippen LogP contribution >= 0.6 is 11.3 Å². The Balaban J connectivity index is 1.15. The van der Waals surface area contributed by atoms with Crippen molar-refractivity contribution in [1.82, 2.24) is 15.2 Å². The molecule has 1 aliphatic rings. The highest BCUT2D eigenvalue weighted by atomic mass is 32.1. The molecule has 1 saturated heterocycles. The Kier molecular flexibility index (Phi) is 7.09. The molecule has 2 amide bonds. The second-order valence-corrected chi connectivity index (χ2v) is 9.20. The first-order valence-electron chi connectivity index (χ1n) is 10.9. The van der Waals surface area contributed by atoms with E-state index >= 15 is 0 Å². The Morgan fingerprint density at radius 3 is 2.75 bits per heavy atom. The maximum absolute atomic E-state index is 13.9. The summed E-state index contributed by atoms with van der Waals surface area (Å²) < 4.78 is 28.3. The van der Waals surface area contributed by atoms with Gasteiger partial charge in [0.1, 0.15) is 0 Å². The van der Waals surface area contributed by atoms with Crippen LogP contribution < -0.4 is 5.32 Å². The number of carbonyl (C=O) groups excluding carboxylic acids is 2. The number of nitrogens with zero attached hydrogens (tertiary/aromatic N) is 2. The summed E-state index contributed by atoms with van der Waals surface area (Å²) in [6, 6.07) is 7.49. The summed E-state index contributed by atoms with van der Waals surface area (Å²) in [4.78, 5) is 31.2. The molecule has 0 radical (unpaired) electrons. The Labute approximate surface area is 189 Å². The fourth-order valence-corrected chi connectivity index (χ4v) is 5.05. The van der Waals surface area contributed by atoms with Gasteiger partial charge in [0.2, 0.25) is 0 Å². The summed E-state index contributed by atoms with van der Waals surface area (Å²) >= 11 is 1.44. The SMILES string of the molecule is O=C(NCCCCC1CCN(C(=O)c2cccc(F)c2F)CC1)c1cc2ccncc2s1. The third-order valence-corrected chi connectivity index (χ3v) is 7.04. The number of thiophene rings is 1. The van der Waals surface area contributed by atoms with Gasteiger partial charge in [0.15, 0.2) is 11.6 Å². The van der Waals surface area contributed by atoms with E-state index in [2.05, 4.69) is 10.3 Å². The molecule has 1 aliphatic heterocycles. The maximum Gasteiger partial charge on any atom is 0.261 e. The molecule has 1 aromatic carbocycles. The molecular formula is C24H25F2N3O2S. The second kappa shape index (κ2) is 10.2. The van der Waals surface area contributed by atoms with Gasteiger partial charge in [0.25, 0.3) is 11.8 Å². The zero-order valence-electron chi connectivity index (χ0n) is 17.7. The maximum atomic E-state index is 13.9. The highest BCUT2D eigenvalue weighted by Crippen LogP contribution is 2.26. The number of benzene rings is 1. The number of likely N-dealkylation sites (tertiary alicyclic amines) is 1. The lowest BCUT2D eigenvalue weighted by atomic mass is 9.91. The minimum atomic E-state index is -1.08. The van der Waals surface area contributed by atoms with E-state index in [9.17, 15) is 18.4 Å². The van der Waals surface area contributed by atoms with E-state index in [0.717, 1.165) is 48.3 Å². The molecule has 0 unspecified atom stereocenters. The van der Waals surface area contributed by atoms with Crippen LogP contribution in [-0.2, 0) is 0 Å². The lowest BCUT2D eigenvalue weighted by Gasteiger charge is -2.32. The fourth-order valence-electron chi connectivity index (χ4n) is 4.11. The molecule has 3 heterocycles. The van der Waals surface area contributed by atoms with Crippen LogP contribution in [0, 0.1) is 17.6 Å². The first-order chi connectivity index (χ1) is 15.5. The van der Waals surface area contributed by atoms with Crippen molar-refractivity contribution < 1.29 is 18.4 Å². The third-order valence-electron chi connectivity index (χ3n) is 5.96. The van der Waals surface area contributed by atoms with Gasteiger partial charge in [-0.3, -0.25) is 14.6 Å². The molecule has 168 valence electrons. The average Bonchev–Trinajstić information content (AvgIpc) is 3.25. The molecule has 0 bridgehead atoms. The molecule has 0 spiro atoms. The third kappa shape index (κ3) is 5.12. The molecule has 2 aromatic heterocycles. The van der Waals surface area contributed by atoms with Gasteiger partial charge < -0.3 is 10.2 Å². The van der Waals surface area contributed by atoms with Gasteiger partial charge >= 0.3 is 0 Å². The first kappa shape index (κ1) is 22.3. The summed E-state index contributed by atoms with van der Waals surface area (Å²) in [5.74, 6) is -2.07. The summed E-state index contributed by atoms with van der Waals surface area (Å²) in [6.45, 7) is 1.73. The Bertz CT molecular complexity index is 1080. The van der Waals surface area contributed by atoms with Crippen LogP contribution in [0.2, 0.25) is 0 Å². The summed E-state index contributed by atoms with van der Waals surface area (Å²) in [6.07, 6.45) is 8.11. The minimum absolute atomic E-state index is 0.0531. The van der Waals surface area contributed by atoms with E-state index < -0.39 is 17.5 Å². The number of halogens is 2. The summed E-state index contributed by atoms with van der Waals surface area (Å²) in [5, 5.41) is 4.01. The standard InChI is InChI=1S/C24H25F2N3O2S/c25-19-6-3-5-18(22(19)26)24(31)29-12-8-16(9-13-29)4-1-2-10-28-23(30)20-14-17-7-11-27-15-21(17)32-20/h3,5-7,11,14-16H,1-2,4,8-10,12-13H2,(H,28,30). The van der Waals surface area contributed by atoms with E-state index in [-0.39, 0.29) is 11.5 Å². The van der Waals surface area contributed by atoms with Crippen LogP contribution in [-0.4, -0.2) is 41.3 Å². The van der Waals surface area contributed by atoms with E-state index in [1.807, 2.05) is 12.1 Å². The largest absolute Gasteiger partial charge is 0.351 e. The molecular weight excluding hydrogens is 432 g/mol. The quantitative estimate of drug-likeness (QED) is 0.507. The zero-order chi connectivity index (χ0) is 22.5. The minimum Gasteiger partial charge on any atom is -0.351 e. The van der Waals surface area contributed by atoms with Crippen molar-refractivity contribution in [2.75, 3.05) is 19.6 Å². The van der Waals surface area contributed by atoms with Crippen molar-refractivity contribution in [2.24, 2.45) is 5.92 Å². The van der Waals surface area contributed by atoms with E-state index in [1.54, 1.807) is 17.3 Å². The number of fused-ring (bicyclic) bond motifs is 1. The van der Waals surface area contributed by atoms with Gasteiger partial charge in [0, 0.05) is 32.0 Å². The van der Waals surface area contributed by atoms with Crippen molar-refractivity contribution in [2.45, 2.75) is 32.1 Å². The number of pyridine rings is 1. The topological polar surface area (TPSA) is 62.3 Å². The average molecular weight is 458 g/mol. The highest BCUT2D eigenvalue weighted by molar-refractivity contribution is 7.20. The number of hydrogen-bond donors (Lipinski definition) is 1. The van der Waals surface area contributed by atoms with Gasteiger partial charge in [0.05, 0.1) is 15.1 Å². The molecule has 5 nitrogen and oxygen atoms in total. The van der Waals surface area contributed by atoms with Crippen molar-refractivity contribution in [1.29, 1.82) is 0 Å². The van der Waals surface area contributed by atoms with E-state index in [0.29, 0.717) is 30.4 Å². The zero-order valence-corrected chi connectivity index (χ0v) is 18.5. The molecule has 0 aliphatic carbocycles. The molecule has 1 N–H and O–H groups in total. The summed E-state index contributed by atoms with van der Waals surface area (Å²) in [7, 11) is 0. The number of rotatable bonds is 7. The predicted octanol–water partition coefficient (Wildman–Crippen LogP) is 5.03. The lowest BCUT2D eigenvalue weighted by molar-refractivity contribution is 0.0680. The van der Waals surface area contributed by atoms with Crippen LogP contribution in [0.4, 0.5) is 8.78 Å². The number of hydrogen-bond acceptors (Lipinski definition) is 4. The van der Waals surface area contributed by atoms with Gasteiger partial charge in [-0.25, -0.2) is 8.78 Å². The van der Waals surface area contributed by atoms with E-state index in [4.69, 9.17) is 0 Å². The molecule has 0 atom stereocenters. The highest BCUT2D eigenvalue weighted by Gasteiger charge is 2.26. The molecule has 8 heteroatoms. The number of amides is 2. The van der Waals surface area contributed by atoms with Crippen LogP contribution in [0.25, 0.3) is 10.1 Å². The van der Waals surface area contributed by atoms with Crippen LogP contribution in [0.5, 0.6) is 0 Å². The first-order valence-corrected chi connectivity index (χ1v) is 11.7. The predicted molar refractivity (Wildman–Crippen MR) is 121 cm³/mol. The Morgan fingerprint density at radius 1 is 1.16 bits per heavy atom.